The molecule has 6 nitrogen and oxygen atoms in total. The Morgan fingerprint density at radius 1 is 0.964 bits per heavy atom. The van der Waals surface area contributed by atoms with Crippen molar-refractivity contribution >= 4 is 16.7 Å². The highest BCUT2D eigenvalue weighted by Crippen LogP contribution is 2.24. The molecule has 1 aliphatic rings. The molecule has 2 heterocycles. The van der Waals surface area contributed by atoms with Crippen LogP contribution in [0.15, 0.2) is 54.7 Å². The van der Waals surface area contributed by atoms with Crippen LogP contribution in [0.2, 0.25) is 0 Å². The molecule has 2 aromatic heterocycles. The lowest BCUT2D eigenvalue weighted by atomic mass is 10.1. The summed E-state index contributed by atoms with van der Waals surface area (Å²) in [6.07, 6.45) is 9.32. The van der Waals surface area contributed by atoms with E-state index in [1.165, 1.54) is 32.1 Å². The number of H-pyrrole nitrogens is 1. The Kier molecular flexibility index (Phi) is 5.28. The van der Waals surface area contributed by atoms with Crippen molar-refractivity contribution in [2.24, 2.45) is 0 Å². The number of aromatic nitrogens is 5. The van der Waals surface area contributed by atoms with Gasteiger partial charge in [0.15, 0.2) is 5.78 Å². The van der Waals surface area contributed by atoms with Crippen molar-refractivity contribution in [1.82, 2.24) is 25.2 Å². The number of Topliss-reactive ketones (excluding diaryl/α,β-unsaturated/α-hetero) is 1. The van der Waals surface area contributed by atoms with E-state index in [4.69, 9.17) is 0 Å². The fourth-order valence-corrected chi connectivity index (χ4v) is 3.39. The van der Waals surface area contributed by atoms with Gasteiger partial charge in [-0.2, -0.15) is 5.10 Å². The third kappa shape index (κ3) is 3.86. The lowest BCUT2D eigenvalue weighted by molar-refractivity contribution is 0.101. The molecule has 6 heteroatoms. The minimum Gasteiger partial charge on any atom is -0.295 e. The van der Waals surface area contributed by atoms with Crippen molar-refractivity contribution in [2.45, 2.75) is 39.0 Å². The molecule has 0 unspecified atom stereocenters. The maximum Gasteiger partial charge on any atom is 0.159 e. The summed E-state index contributed by atoms with van der Waals surface area (Å²) in [4.78, 5) is 11.3. The second kappa shape index (κ2) is 8.17. The van der Waals surface area contributed by atoms with Crippen molar-refractivity contribution in [3.63, 3.8) is 0 Å². The zero-order valence-electron chi connectivity index (χ0n) is 15.9. The summed E-state index contributed by atoms with van der Waals surface area (Å²) in [7, 11) is 0. The van der Waals surface area contributed by atoms with Crippen LogP contribution < -0.4 is 0 Å². The van der Waals surface area contributed by atoms with Crippen LogP contribution in [0.4, 0.5) is 0 Å². The fraction of sp³-hybridized carbons (Fsp3) is 0.273. The highest BCUT2D eigenvalue weighted by atomic mass is 16.1. The molecule has 0 bridgehead atoms. The minimum atomic E-state index is 0.0406. The Balaban J connectivity index is 0.000000336. The van der Waals surface area contributed by atoms with Gasteiger partial charge in [-0.05, 0) is 37.3 Å². The average Bonchev–Trinajstić information content (AvgIpc) is 3.50. The van der Waals surface area contributed by atoms with E-state index in [0.29, 0.717) is 11.3 Å². The standard InChI is InChI=1S/C17H13N5O.C5H10/c1-11(23)12-6-8-13(9-7-12)22-10-16(19-21-22)17-14-4-2-3-5-15(14)18-20-17;1-2-4-5-3-1/h2-10H,1H3,(H,18,20);1-5H2. The van der Waals surface area contributed by atoms with Crippen LogP contribution in [0.25, 0.3) is 28.0 Å². The molecule has 0 amide bonds. The van der Waals surface area contributed by atoms with Gasteiger partial charge in [-0.1, -0.05) is 55.5 Å². The summed E-state index contributed by atoms with van der Waals surface area (Å²) in [5.41, 5.74) is 3.94. The molecular formula is C22H23N5O. The lowest BCUT2D eigenvalue weighted by Crippen LogP contribution is -1.97. The maximum atomic E-state index is 11.3. The first kappa shape index (κ1) is 18.1. The van der Waals surface area contributed by atoms with Gasteiger partial charge in [0.25, 0.3) is 0 Å². The van der Waals surface area contributed by atoms with Gasteiger partial charge in [-0.25, -0.2) is 4.68 Å². The zero-order chi connectivity index (χ0) is 19.3. The lowest BCUT2D eigenvalue weighted by Gasteiger charge is -2.00. The van der Waals surface area contributed by atoms with Gasteiger partial charge < -0.3 is 0 Å². The first-order chi connectivity index (χ1) is 13.7. The van der Waals surface area contributed by atoms with Crippen molar-refractivity contribution in [3.8, 4) is 17.1 Å². The monoisotopic (exact) mass is 373 g/mol. The minimum absolute atomic E-state index is 0.0406. The summed E-state index contributed by atoms with van der Waals surface area (Å²) in [6, 6.07) is 15.1. The normalized spacial score (nSPS) is 13.3. The predicted octanol–water partition coefficient (Wildman–Crippen LogP) is 4.96. The molecule has 0 radical (unpaired) electrons. The molecule has 142 valence electrons. The van der Waals surface area contributed by atoms with Gasteiger partial charge in [0.05, 0.1) is 17.4 Å². The number of carbonyl (C=O) groups excluding carboxylic acids is 1. The average molecular weight is 373 g/mol. The maximum absolute atomic E-state index is 11.3. The number of fused-ring (bicyclic) bond motifs is 1. The van der Waals surface area contributed by atoms with Crippen LogP contribution in [0.3, 0.4) is 0 Å². The molecule has 0 spiro atoms. The molecule has 1 saturated carbocycles. The molecule has 0 atom stereocenters. The van der Waals surface area contributed by atoms with Crippen LogP contribution in [-0.2, 0) is 0 Å². The van der Waals surface area contributed by atoms with Gasteiger partial charge >= 0.3 is 0 Å². The first-order valence-electron chi connectivity index (χ1n) is 9.69. The second-order valence-electron chi connectivity index (χ2n) is 7.04. The number of hydrogen-bond donors (Lipinski definition) is 1. The quantitative estimate of drug-likeness (QED) is 0.515. The van der Waals surface area contributed by atoms with Crippen molar-refractivity contribution in [3.05, 3.63) is 60.3 Å². The van der Waals surface area contributed by atoms with Crippen molar-refractivity contribution < 1.29 is 4.79 Å². The Morgan fingerprint density at radius 2 is 1.64 bits per heavy atom. The van der Waals surface area contributed by atoms with Crippen LogP contribution in [0.5, 0.6) is 0 Å². The summed E-state index contributed by atoms with van der Waals surface area (Å²) < 4.78 is 1.67. The largest absolute Gasteiger partial charge is 0.295 e. The van der Waals surface area contributed by atoms with E-state index in [-0.39, 0.29) is 5.78 Å². The number of ketones is 1. The van der Waals surface area contributed by atoms with Crippen LogP contribution in [0, 0.1) is 0 Å². The van der Waals surface area contributed by atoms with Crippen molar-refractivity contribution in [1.29, 1.82) is 0 Å². The van der Waals surface area contributed by atoms with Gasteiger partial charge in [-0.15, -0.1) is 5.10 Å². The number of benzene rings is 2. The molecule has 28 heavy (non-hydrogen) atoms. The number of para-hydroxylation sites is 1. The molecule has 1 N–H and O–H groups in total. The van der Waals surface area contributed by atoms with E-state index < -0.39 is 0 Å². The fourth-order valence-electron chi connectivity index (χ4n) is 3.39. The summed E-state index contributed by atoms with van der Waals surface area (Å²) in [5, 5.41) is 16.7. The van der Waals surface area contributed by atoms with Gasteiger partial charge in [-0.3, -0.25) is 9.89 Å². The Bertz CT molecular complexity index is 1070. The van der Waals surface area contributed by atoms with Crippen LogP contribution in [0.1, 0.15) is 49.4 Å². The Morgan fingerprint density at radius 3 is 2.32 bits per heavy atom. The highest BCUT2D eigenvalue weighted by molar-refractivity contribution is 5.94. The van der Waals surface area contributed by atoms with Gasteiger partial charge in [0.2, 0.25) is 0 Å². The Labute approximate surface area is 163 Å². The molecular weight excluding hydrogens is 350 g/mol. The number of aromatic amines is 1. The zero-order valence-corrected chi connectivity index (χ0v) is 15.9. The number of carbonyl (C=O) groups is 1. The molecule has 4 aromatic rings. The SMILES string of the molecule is C1CCCC1.CC(=O)c1ccc(-n2cc(-c3n[nH]c4ccccc34)nn2)cc1. The number of hydrogen-bond acceptors (Lipinski definition) is 4. The number of rotatable bonds is 3. The van der Waals surface area contributed by atoms with E-state index in [2.05, 4.69) is 20.5 Å². The van der Waals surface area contributed by atoms with E-state index in [0.717, 1.165) is 22.3 Å². The molecule has 1 aliphatic carbocycles. The summed E-state index contributed by atoms with van der Waals surface area (Å²) >= 11 is 0. The van der Waals surface area contributed by atoms with E-state index >= 15 is 0 Å². The highest BCUT2D eigenvalue weighted by Gasteiger charge is 2.12. The smallest absolute Gasteiger partial charge is 0.159 e. The van der Waals surface area contributed by atoms with E-state index in [1.807, 2.05) is 42.6 Å². The van der Waals surface area contributed by atoms with E-state index in [1.54, 1.807) is 23.7 Å². The Hall–Kier alpha value is -3.28. The van der Waals surface area contributed by atoms with Crippen molar-refractivity contribution in [2.75, 3.05) is 0 Å². The molecule has 5 rings (SSSR count). The summed E-state index contributed by atoms with van der Waals surface area (Å²) in [6.45, 7) is 1.55. The second-order valence-corrected chi connectivity index (χ2v) is 7.04. The van der Waals surface area contributed by atoms with E-state index in [9.17, 15) is 4.79 Å². The molecule has 1 fully saturated rings. The molecule has 0 saturated heterocycles. The third-order valence-electron chi connectivity index (χ3n) is 4.99. The predicted molar refractivity (Wildman–Crippen MR) is 110 cm³/mol. The molecule has 2 aromatic carbocycles. The number of nitrogens with one attached hydrogen (secondary N) is 1. The summed E-state index contributed by atoms with van der Waals surface area (Å²) in [5.74, 6) is 0.0406. The molecule has 0 aliphatic heterocycles. The van der Waals surface area contributed by atoms with Crippen LogP contribution >= 0.6 is 0 Å². The number of nitrogens with zero attached hydrogens (tertiary/aromatic N) is 4. The third-order valence-corrected chi connectivity index (χ3v) is 4.99. The topological polar surface area (TPSA) is 76.5 Å². The van der Waals surface area contributed by atoms with Crippen LogP contribution in [-0.4, -0.2) is 31.0 Å². The van der Waals surface area contributed by atoms with Gasteiger partial charge in [0.1, 0.15) is 11.4 Å². The first-order valence-corrected chi connectivity index (χ1v) is 9.69. The van der Waals surface area contributed by atoms with Gasteiger partial charge in [0, 0.05) is 10.9 Å².